The van der Waals surface area contributed by atoms with E-state index in [1.807, 2.05) is 19.9 Å². The summed E-state index contributed by atoms with van der Waals surface area (Å²) in [5.41, 5.74) is 1.36. The van der Waals surface area contributed by atoms with Gasteiger partial charge in [0.2, 0.25) is 10.0 Å². The topological polar surface area (TPSA) is 138 Å². The average Bonchev–Trinajstić information content (AvgIpc) is 3.24. The first kappa shape index (κ1) is 20.9. The number of aromatic amines is 1. The molecular formula is C18H26N6O4S. The molecular weight excluding hydrogens is 396 g/mol. The third-order valence-electron chi connectivity index (χ3n) is 4.43. The van der Waals surface area contributed by atoms with Gasteiger partial charge in [0, 0.05) is 23.7 Å². The zero-order valence-electron chi connectivity index (χ0n) is 16.6. The molecule has 11 heteroatoms. The summed E-state index contributed by atoms with van der Waals surface area (Å²) in [5.74, 6) is 1.39. The number of alkyl carbamates (subject to hydrolysis) is 1. The Balaban J connectivity index is 1.54. The van der Waals surface area contributed by atoms with Crippen LogP contribution in [0.5, 0.6) is 0 Å². The highest BCUT2D eigenvalue weighted by atomic mass is 32.2. The molecule has 2 heterocycles. The van der Waals surface area contributed by atoms with Crippen molar-refractivity contribution >= 4 is 33.4 Å². The Morgan fingerprint density at radius 1 is 1.28 bits per heavy atom. The van der Waals surface area contributed by atoms with E-state index in [0.29, 0.717) is 17.3 Å². The van der Waals surface area contributed by atoms with Crippen LogP contribution in [0.1, 0.15) is 44.7 Å². The third kappa shape index (κ3) is 6.34. The average molecular weight is 423 g/mol. The molecule has 1 aliphatic carbocycles. The monoisotopic (exact) mass is 422 g/mol. The number of sulfonamides is 1. The molecule has 2 unspecified atom stereocenters. The maximum absolute atomic E-state index is 11.8. The van der Waals surface area contributed by atoms with Gasteiger partial charge in [-0.05, 0) is 45.2 Å². The van der Waals surface area contributed by atoms with Gasteiger partial charge in [-0.3, -0.25) is 9.82 Å². The minimum absolute atomic E-state index is 0.0470. The fraction of sp³-hybridized carbons (Fsp3) is 0.500. The summed E-state index contributed by atoms with van der Waals surface area (Å²) in [5, 5.41) is 13.1. The largest absolute Gasteiger partial charge is 0.446 e. The van der Waals surface area contributed by atoms with Crippen LogP contribution in [0.2, 0.25) is 0 Å². The van der Waals surface area contributed by atoms with Gasteiger partial charge in [0.15, 0.2) is 5.82 Å². The smallest absolute Gasteiger partial charge is 0.407 e. The number of carbonyl (C=O) groups is 1. The molecule has 0 radical (unpaired) electrons. The summed E-state index contributed by atoms with van der Waals surface area (Å²) in [4.78, 5) is 15.9. The Hall–Kier alpha value is -2.82. The van der Waals surface area contributed by atoms with E-state index in [-0.39, 0.29) is 24.2 Å². The lowest BCUT2D eigenvalue weighted by atomic mass is 10.0. The maximum Gasteiger partial charge on any atom is 0.407 e. The molecule has 0 aromatic carbocycles. The molecule has 0 spiro atoms. The highest BCUT2D eigenvalue weighted by Gasteiger charge is 2.30. The molecule has 0 aliphatic heterocycles. The van der Waals surface area contributed by atoms with Crippen molar-refractivity contribution in [2.75, 3.05) is 16.3 Å². The lowest BCUT2D eigenvalue weighted by Crippen LogP contribution is -2.33. The fourth-order valence-electron chi connectivity index (χ4n) is 3.23. The zero-order valence-corrected chi connectivity index (χ0v) is 17.4. The quantitative estimate of drug-likeness (QED) is 0.538. The lowest BCUT2D eigenvalue weighted by molar-refractivity contribution is 0.0981. The van der Waals surface area contributed by atoms with Crippen LogP contribution in [-0.2, 0) is 14.8 Å². The molecule has 10 nitrogen and oxygen atoms in total. The standard InChI is InChI=1S/C18H26N6O4S/c1-11(2)20-18(25)28-14-6-4-12(8-14)15-9-17(23-22-15)21-16-7-5-13(10-19-16)24-29(3,26)27/h5,7,9-12,14,24H,4,6,8H2,1-3H3,(H,20,25)(H2,19,21,22,23). The van der Waals surface area contributed by atoms with E-state index in [4.69, 9.17) is 4.74 Å². The molecule has 2 aromatic heterocycles. The number of nitrogens with zero attached hydrogens (tertiary/aromatic N) is 2. The Bertz CT molecular complexity index is 942. The predicted molar refractivity (Wildman–Crippen MR) is 110 cm³/mol. The first-order chi connectivity index (χ1) is 13.7. The number of carbonyl (C=O) groups excluding carboxylic acids is 1. The molecule has 1 saturated carbocycles. The van der Waals surface area contributed by atoms with Crippen molar-refractivity contribution in [3.05, 3.63) is 30.1 Å². The fourth-order valence-corrected chi connectivity index (χ4v) is 3.78. The number of rotatable bonds is 7. The molecule has 0 saturated heterocycles. The van der Waals surface area contributed by atoms with Gasteiger partial charge in [-0.1, -0.05) is 0 Å². The molecule has 158 valence electrons. The van der Waals surface area contributed by atoms with Crippen LogP contribution < -0.4 is 15.4 Å². The van der Waals surface area contributed by atoms with Gasteiger partial charge in [-0.25, -0.2) is 18.2 Å². The van der Waals surface area contributed by atoms with Gasteiger partial charge >= 0.3 is 6.09 Å². The second-order valence-electron chi connectivity index (χ2n) is 7.48. The number of H-pyrrole nitrogens is 1. The molecule has 2 aromatic rings. The first-order valence-electron chi connectivity index (χ1n) is 9.41. The Morgan fingerprint density at radius 2 is 2.07 bits per heavy atom. The summed E-state index contributed by atoms with van der Waals surface area (Å²) in [6.07, 6.45) is 4.50. The van der Waals surface area contributed by atoms with Crippen molar-refractivity contribution in [3.63, 3.8) is 0 Å². The van der Waals surface area contributed by atoms with Crippen LogP contribution in [0.25, 0.3) is 0 Å². The first-order valence-corrected chi connectivity index (χ1v) is 11.3. The molecule has 1 fully saturated rings. The second-order valence-corrected chi connectivity index (χ2v) is 9.22. The third-order valence-corrected chi connectivity index (χ3v) is 5.03. The van der Waals surface area contributed by atoms with Crippen LogP contribution in [0, 0.1) is 0 Å². The van der Waals surface area contributed by atoms with Crippen molar-refractivity contribution in [1.82, 2.24) is 20.5 Å². The highest BCUT2D eigenvalue weighted by Crippen LogP contribution is 2.36. The van der Waals surface area contributed by atoms with Crippen molar-refractivity contribution < 1.29 is 17.9 Å². The number of hydrogen-bond acceptors (Lipinski definition) is 7. The van der Waals surface area contributed by atoms with Crippen LogP contribution in [0.4, 0.5) is 22.1 Å². The Morgan fingerprint density at radius 3 is 2.72 bits per heavy atom. The normalized spacial score (nSPS) is 19.2. The minimum Gasteiger partial charge on any atom is -0.446 e. The van der Waals surface area contributed by atoms with E-state index in [9.17, 15) is 13.2 Å². The van der Waals surface area contributed by atoms with E-state index in [1.54, 1.807) is 12.1 Å². The number of nitrogens with one attached hydrogen (secondary N) is 4. The number of aromatic nitrogens is 3. The van der Waals surface area contributed by atoms with Gasteiger partial charge in [0.05, 0.1) is 18.1 Å². The lowest BCUT2D eigenvalue weighted by Gasteiger charge is -2.14. The van der Waals surface area contributed by atoms with Crippen molar-refractivity contribution in [1.29, 1.82) is 0 Å². The summed E-state index contributed by atoms with van der Waals surface area (Å²) >= 11 is 0. The van der Waals surface area contributed by atoms with Gasteiger partial charge in [-0.2, -0.15) is 5.10 Å². The molecule has 1 aliphatic rings. The van der Waals surface area contributed by atoms with Crippen LogP contribution in [-0.4, -0.2) is 48.1 Å². The van der Waals surface area contributed by atoms with Crippen molar-refractivity contribution in [2.45, 2.75) is 51.2 Å². The molecule has 3 rings (SSSR count). The van der Waals surface area contributed by atoms with E-state index in [0.717, 1.165) is 31.2 Å². The minimum atomic E-state index is -3.34. The summed E-state index contributed by atoms with van der Waals surface area (Å²) in [6, 6.07) is 5.23. The van der Waals surface area contributed by atoms with E-state index in [2.05, 4.69) is 30.5 Å². The van der Waals surface area contributed by atoms with Gasteiger partial charge in [-0.15, -0.1) is 0 Å². The van der Waals surface area contributed by atoms with Crippen LogP contribution in [0.15, 0.2) is 24.4 Å². The summed E-state index contributed by atoms with van der Waals surface area (Å²) in [6.45, 7) is 3.78. The highest BCUT2D eigenvalue weighted by molar-refractivity contribution is 7.92. The Labute approximate surface area is 169 Å². The number of amides is 1. The SMILES string of the molecule is CC(C)NC(=O)OC1CCC(c2cc(Nc3ccc(NS(C)(=O)=O)cn3)n[nH]2)C1. The maximum atomic E-state index is 11.8. The molecule has 29 heavy (non-hydrogen) atoms. The van der Waals surface area contributed by atoms with Crippen molar-refractivity contribution in [3.8, 4) is 0 Å². The molecule has 2 atom stereocenters. The van der Waals surface area contributed by atoms with Crippen LogP contribution >= 0.6 is 0 Å². The van der Waals surface area contributed by atoms with E-state index < -0.39 is 10.0 Å². The van der Waals surface area contributed by atoms with Crippen LogP contribution in [0.3, 0.4) is 0 Å². The summed E-state index contributed by atoms with van der Waals surface area (Å²) < 4.78 is 30.3. The molecule has 1 amide bonds. The number of anilines is 3. The predicted octanol–water partition coefficient (Wildman–Crippen LogP) is 2.69. The molecule has 0 bridgehead atoms. The van der Waals surface area contributed by atoms with Crippen molar-refractivity contribution in [2.24, 2.45) is 0 Å². The number of pyridine rings is 1. The van der Waals surface area contributed by atoms with Gasteiger partial charge in [0.1, 0.15) is 11.9 Å². The number of ether oxygens (including phenoxy) is 1. The molecule has 4 N–H and O–H groups in total. The Kier molecular flexibility index (Phi) is 6.26. The van der Waals surface area contributed by atoms with Gasteiger partial charge < -0.3 is 15.4 Å². The van der Waals surface area contributed by atoms with Gasteiger partial charge in [0.25, 0.3) is 0 Å². The van der Waals surface area contributed by atoms with E-state index in [1.165, 1.54) is 6.20 Å². The summed E-state index contributed by atoms with van der Waals surface area (Å²) in [7, 11) is -3.34. The number of hydrogen-bond donors (Lipinski definition) is 4. The van der Waals surface area contributed by atoms with E-state index >= 15 is 0 Å². The zero-order chi connectivity index (χ0) is 21.0. The second kappa shape index (κ2) is 8.68.